The fourth-order valence-corrected chi connectivity index (χ4v) is 1.99. The van der Waals surface area contributed by atoms with Crippen molar-refractivity contribution in [3.63, 3.8) is 0 Å². The van der Waals surface area contributed by atoms with Crippen LogP contribution in [0.2, 0.25) is 0 Å². The molecule has 21 heavy (non-hydrogen) atoms. The van der Waals surface area contributed by atoms with Crippen molar-refractivity contribution >= 4 is 11.9 Å². The maximum absolute atomic E-state index is 11.7. The third-order valence-electron chi connectivity index (χ3n) is 2.88. The number of methoxy groups -OCH3 is 1. The minimum Gasteiger partial charge on any atom is -0.496 e. The van der Waals surface area contributed by atoms with Crippen molar-refractivity contribution in [3.8, 4) is 5.75 Å². The zero-order chi connectivity index (χ0) is 15.8. The number of nitrogens with zero attached hydrogens (tertiary/aromatic N) is 1. The van der Waals surface area contributed by atoms with Crippen LogP contribution in [0.1, 0.15) is 18.1 Å². The molecule has 6 heteroatoms. The summed E-state index contributed by atoms with van der Waals surface area (Å²) in [6.45, 7) is 4.97. The summed E-state index contributed by atoms with van der Waals surface area (Å²) in [6.07, 6.45) is 0. The van der Waals surface area contributed by atoms with Gasteiger partial charge in [-0.15, -0.1) is 0 Å². The number of amides is 3. The zero-order valence-electron chi connectivity index (χ0n) is 13.0. The van der Waals surface area contributed by atoms with E-state index in [9.17, 15) is 9.59 Å². The van der Waals surface area contributed by atoms with Gasteiger partial charge in [0.2, 0.25) is 5.91 Å². The van der Waals surface area contributed by atoms with Gasteiger partial charge in [-0.25, -0.2) is 4.79 Å². The van der Waals surface area contributed by atoms with Crippen molar-refractivity contribution in [1.29, 1.82) is 0 Å². The molecule has 0 aliphatic carbocycles. The molecule has 2 N–H and O–H groups in total. The molecule has 1 aromatic carbocycles. The molecular formula is C15H23N3O3. The summed E-state index contributed by atoms with van der Waals surface area (Å²) in [4.78, 5) is 24.8. The topological polar surface area (TPSA) is 70.7 Å². The molecular weight excluding hydrogens is 270 g/mol. The number of rotatable bonds is 6. The largest absolute Gasteiger partial charge is 0.496 e. The Bertz CT molecular complexity index is 503. The van der Waals surface area contributed by atoms with E-state index in [1.54, 1.807) is 14.0 Å². The molecule has 1 rings (SSSR count). The van der Waals surface area contributed by atoms with Crippen molar-refractivity contribution in [2.75, 3.05) is 27.2 Å². The number of ether oxygens (including phenoxy) is 1. The van der Waals surface area contributed by atoms with Gasteiger partial charge in [0.15, 0.2) is 0 Å². The first kappa shape index (κ1) is 17.0. The van der Waals surface area contributed by atoms with Crippen LogP contribution in [0.4, 0.5) is 4.79 Å². The van der Waals surface area contributed by atoms with Crippen LogP contribution in [0.25, 0.3) is 0 Å². The minimum atomic E-state index is -0.468. The van der Waals surface area contributed by atoms with Gasteiger partial charge in [-0.05, 0) is 27.0 Å². The molecule has 1 aromatic rings. The summed E-state index contributed by atoms with van der Waals surface area (Å²) in [6, 6.07) is 5.44. The van der Waals surface area contributed by atoms with Crippen LogP contribution in [0.3, 0.4) is 0 Å². The predicted octanol–water partition coefficient (Wildman–Crippen LogP) is 1.28. The highest BCUT2D eigenvalue weighted by Gasteiger charge is 2.12. The molecule has 0 bridgehead atoms. The van der Waals surface area contributed by atoms with Crippen molar-refractivity contribution < 1.29 is 14.3 Å². The summed E-state index contributed by atoms with van der Waals surface area (Å²) in [5.41, 5.74) is 2.14. The van der Waals surface area contributed by atoms with Gasteiger partial charge in [0.05, 0.1) is 13.7 Å². The lowest BCUT2D eigenvalue weighted by Crippen LogP contribution is -2.43. The highest BCUT2D eigenvalue weighted by Crippen LogP contribution is 2.20. The highest BCUT2D eigenvalue weighted by atomic mass is 16.5. The third kappa shape index (κ3) is 5.83. The number of carbonyl (C=O) groups excluding carboxylic acids is 2. The molecule has 3 amide bonds. The smallest absolute Gasteiger partial charge is 0.321 e. The van der Waals surface area contributed by atoms with Crippen LogP contribution in [-0.4, -0.2) is 44.1 Å². The summed E-state index contributed by atoms with van der Waals surface area (Å²) in [5.74, 6) is 0.451. The summed E-state index contributed by atoms with van der Waals surface area (Å²) in [7, 11) is 3.44. The number of aryl methyl sites for hydroxylation is 1. The zero-order valence-corrected chi connectivity index (χ0v) is 13.0. The summed E-state index contributed by atoms with van der Waals surface area (Å²) < 4.78 is 5.31. The fourth-order valence-electron chi connectivity index (χ4n) is 1.99. The van der Waals surface area contributed by atoms with Crippen LogP contribution in [0.15, 0.2) is 18.2 Å². The lowest BCUT2D eigenvalue weighted by Gasteiger charge is -2.18. The summed E-state index contributed by atoms with van der Waals surface area (Å²) >= 11 is 0. The van der Waals surface area contributed by atoms with Gasteiger partial charge in [0, 0.05) is 18.7 Å². The second-order valence-corrected chi connectivity index (χ2v) is 4.90. The summed E-state index contributed by atoms with van der Waals surface area (Å²) in [5, 5.41) is 4.79. The van der Waals surface area contributed by atoms with Crippen molar-refractivity contribution in [1.82, 2.24) is 15.5 Å². The van der Waals surface area contributed by atoms with E-state index in [0.717, 1.165) is 16.9 Å². The first-order valence-corrected chi connectivity index (χ1v) is 6.86. The molecule has 0 aliphatic rings. The maximum atomic E-state index is 11.7. The van der Waals surface area contributed by atoms with Crippen LogP contribution in [0, 0.1) is 6.92 Å². The van der Waals surface area contributed by atoms with E-state index in [-0.39, 0.29) is 12.5 Å². The lowest BCUT2D eigenvalue weighted by molar-refractivity contribution is -0.120. The van der Waals surface area contributed by atoms with E-state index in [4.69, 9.17) is 4.74 Å². The number of hydrogen-bond acceptors (Lipinski definition) is 4. The predicted molar refractivity (Wildman–Crippen MR) is 81.3 cm³/mol. The highest BCUT2D eigenvalue weighted by molar-refractivity contribution is 5.95. The monoisotopic (exact) mass is 293 g/mol. The first-order valence-electron chi connectivity index (χ1n) is 6.86. The minimum absolute atomic E-state index is 0.133. The number of urea groups is 1. The molecule has 0 unspecified atom stereocenters. The molecule has 0 radical (unpaired) electrons. The van der Waals surface area contributed by atoms with Crippen molar-refractivity contribution in [2.45, 2.75) is 20.4 Å². The normalized spacial score (nSPS) is 10.3. The first-order chi connectivity index (χ1) is 9.96. The van der Waals surface area contributed by atoms with Crippen LogP contribution < -0.4 is 15.4 Å². The van der Waals surface area contributed by atoms with E-state index in [0.29, 0.717) is 13.1 Å². The molecule has 0 heterocycles. The standard InChI is InChI=1S/C15H23N3O3/c1-5-16-15(20)17-14(19)10-18(3)9-12-8-11(2)6-7-13(12)21-4/h6-8H,5,9-10H2,1-4H3,(H2,16,17,19,20). The number of carbonyl (C=O) groups is 2. The van der Waals surface area contributed by atoms with Gasteiger partial charge >= 0.3 is 6.03 Å². The van der Waals surface area contributed by atoms with Crippen molar-refractivity contribution in [2.24, 2.45) is 0 Å². The van der Waals surface area contributed by atoms with E-state index < -0.39 is 6.03 Å². The van der Waals surface area contributed by atoms with Gasteiger partial charge in [-0.2, -0.15) is 0 Å². The Morgan fingerprint density at radius 1 is 1.33 bits per heavy atom. The molecule has 0 aromatic heterocycles. The number of likely N-dealkylation sites (N-methyl/N-ethyl adjacent to an activating group) is 1. The van der Waals surface area contributed by atoms with E-state index in [2.05, 4.69) is 10.6 Å². The molecule has 116 valence electrons. The van der Waals surface area contributed by atoms with Gasteiger partial charge in [0.25, 0.3) is 0 Å². The molecule has 0 fully saturated rings. The molecule has 0 saturated heterocycles. The Labute approximate surface area is 125 Å². The molecule has 0 spiro atoms. The Balaban J connectivity index is 2.57. The van der Waals surface area contributed by atoms with Gasteiger partial charge in [-0.1, -0.05) is 17.7 Å². The van der Waals surface area contributed by atoms with Crippen LogP contribution in [0.5, 0.6) is 5.75 Å². The van der Waals surface area contributed by atoms with Crippen LogP contribution >= 0.6 is 0 Å². The van der Waals surface area contributed by atoms with E-state index in [1.807, 2.05) is 37.1 Å². The van der Waals surface area contributed by atoms with Crippen molar-refractivity contribution in [3.05, 3.63) is 29.3 Å². The maximum Gasteiger partial charge on any atom is 0.321 e. The number of hydrogen-bond donors (Lipinski definition) is 2. The van der Waals surface area contributed by atoms with Gasteiger partial charge in [-0.3, -0.25) is 15.0 Å². The number of benzene rings is 1. The number of nitrogens with one attached hydrogen (secondary N) is 2. The van der Waals surface area contributed by atoms with Gasteiger partial charge < -0.3 is 10.1 Å². The SMILES string of the molecule is CCNC(=O)NC(=O)CN(C)Cc1cc(C)ccc1OC. The Morgan fingerprint density at radius 3 is 2.67 bits per heavy atom. The lowest BCUT2D eigenvalue weighted by atomic mass is 10.1. The quantitative estimate of drug-likeness (QED) is 0.829. The average Bonchev–Trinajstić information content (AvgIpc) is 2.38. The average molecular weight is 293 g/mol. The molecule has 0 saturated carbocycles. The Hall–Kier alpha value is -2.08. The van der Waals surface area contributed by atoms with E-state index >= 15 is 0 Å². The second kappa shape index (κ2) is 8.26. The number of imide groups is 1. The molecule has 0 aliphatic heterocycles. The molecule has 0 atom stereocenters. The van der Waals surface area contributed by atoms with E-state index in [1.165, 1.54) is 0 Å². The molecule has 6 nitrogen and oxygen atoms in total. The van der Waals surface area contributed by atoms with Crippen LogP contribution in [-0.2, 0) is 11.3 Å². The third-order valence-corrected chi connectivity index (χ3v) is 2.88. The van der Waals surface area contributed by atoms with Gasteiger partial charge in [0.1, 0.15) is 5.75 Å². The fraction of sp³-hybridized carbons (Fsp3) is 0.467. The Morgan fingerprint density at radius 2 is 2.05 bits per heavy atom. The second-order valence-electron chi connectivity index (χ2n) is 4.90. The Kier molecular flexibility index (Phi) is 6.68.